The molecule has 0 aliphatic rings. The monoisotopic (exact) mass is 338 g/mol. The van der Waals surface area contributed by atoms with Gasteiger partial charge in [0, 0.05) is 16.6 Å². The smallest absolute Gasteiger partial charge is 0.248 e. The standard InChI is InChI=1S/C14H14N2O4S2/c1-20-12-6-4-10(9-13(12)22(15,18)19)16-14(17)7-5-11-3-2-8-21-11/h2-9H,1H3,(H,16,17)(H2,15,18,19)/b7-5+. The van der Waals surface area contributed by atoms with Crippen LogP contribution >= 0.6 is 11.3 Å². The van der Waals surface area contributed by atoms with Gasteiger partial charge in [-0.15, -0.1) is 11.3 Å². The molecule has 116 valence electrons. The number of thiophene rings is 1. The lowest BCUT2D eigenvalue weighted by Crippen LogP contribution is -2.15. The molecule has 0 atom stereocenters. The molecular formula is C14H14N2O4S2. The number of amides is 1. The van der Waals surface area contributed by atoms with Crippen LogP contribution in [-0.4, -0.2) is 21.4 Å². The second-order valence-electron chi connectivity index (χ2n) is 4.25. The van der Waals surface area contributed by atoms with Gasteiger partial charge in [0.2, 0.25) is 15.9 Å². The summed E-state index contributed by atoms with van der Waals surface area (Å²) in [6, 6.07) is 7.97. The fourth-order valence-corrected chi connectivity index (χ4v) is 3.05. The predicted octanol–water partition coefficient (Wildman–Crippen LogP) is 2.06. The van der Waals surface area contributed by atoms with Gasteiger partial charge in [0.1, 0.15) is 10.6 Å². The Labute approximate surface area is 132 Å². The van der Waals surface area contributed by atoms with Gasteiger partial charge in [-0.1, -0.05) is 6.07 Å². The van der Waals surface area contributed by atoms with Crippen LogP contribution in [0.2, 0.25) is 0 Å². The molecule has 0 aliphatic heterocycles. The number of primary sulfonamides is 1. The maximum Gasteiger partial charge on any atom is 0.248 e. The molecule has 0 spiro atoms. The van der Waals surface area contributed by atoms with E-state index in [0.29, 0.717) is 5.69 Å². The molecule has 1 heterocycles. The third kappa shape index (κ3) is 4.17. The molecule has 0 fully saturated rings. The van der Waals surface area contributed by atoms with Crippen molar-refractivity contribution in [3.05, 3.63) is 46.7 Å². The number of nitrogens with one attached hydrogen (secondary N) is 1. The number of rotatable bonds is 5. The highest BCUT2D eigenvalue weighted by Gasteiger charge is 2.16. The lowest BCUT2D eigenvalue weighted by molar-refractivity contribution is -0.111. The molecule has 1 aromatic carbocycles. The average molecular weight is 338 g/mol. The van der Waals surface area contributed by atoms with E-state index in [1.807, 2.05) is 17.5 Å². The number of hydrogen-bond donors (Lipinski definition) is 2. The zero-order chi connectivity index (χ0) is 16.2. The molecule has 0 aliphatic carbocycles. The molecule has 0 unspecified atom stereocenters. The SMILES string of the molecule is COc1ccc(NC(=O)/C=C/c2cccs2)cc1S(N)(=O)=O. The van der Waals surface area contributed by atoms with Crippen molar-refractivity contribution >= 4 is 39.0 Å². The van der Waals surface area contributed by atoms with Crippen LogP contribution in [0.3, 0.4) is 0 Å². The maximum atomic E-state index is 11.8. The molecule has 8 heteroatoms. The van der Waals surface area contributed by atoms with E-state index in [2.05, 4.69) is 5.32 Å². The van der Waals surface area contributed by atoms with E-state index in [-0.39, 0.29) is 16.6 Å². The largest absolute Gasteiger partial charge is 0.495 e. The summed E-state index contributed by atoms with van der Waals surface area (Å²) in [5.74, 6) is -0.256. The Morgan fingerprint density at radius 3 is 2.73 bits per heavy atom. The minimum Gasteiger partial charge on any atom is -0.495 e. The van der Waals surface area contributed by atoms with Crippen molar-refractivity contribution in [3.63, 3.8) is 0 Å². The Morgan fingerprint density at radius 1 is 1.36 bits per heavy atom. The van der Waals surface area contributed by atoms with Crippen LogP contribution in [0.15, 0.2) is 46.7 Å². The molecular weight excluding hydrogens is 324 g/mol. The normalized spacial score (nSPS) is 11.5. The summed E-state index contributed by atoms with van der Waals surface area (Å²) >= 11 is 1.50. The number of nitrogens with two attached hydrogens (primary N) is 1. The third-order valence-electron chi connectivity index (χ3n) is 2.68. The van der Waals surface area contributed by atoms with Crippen LogP contribution in [-0.2, 0) is 14.8 Å². The Morgan fingerprint density at radius 2 is 2.14 bits per heavy atom. The number of carbonyl (C=O) groups excluding carboxylic acids is 1. The molecule has 2 aromatic rings. The minimum absolute atomic E-state index is 0.120. The van der Waals surface area contributed by atoms with Gasteiger partial charge in [-0.25, -0.2) is 13.6 Å². The highest BCUT2D eigenvalue weighted by molar-refractivity contribution is 7.89. The van der Waals surface area contributed by atoms with Gasteiger partial charge in [-0.3, -0.25) is 4.79 Å². The molecule has 0 saturated carbocycles. The Kier molecular flexibility index (Phi) is 4.96. The molecule has 1 amide bonds. The van der Waals surface area contributed by atoms with E-state index in [1.165, 1.54) is 42.7 Å². The summed E-state index contributed by atoms with van der Waals surface area (Å²) < 4.78 is 28.0. The van der Waals surface area contributed by atoms with Crippen LogP contribution in [0.5, 0.6) is 5.75 Å². The number of methoxy groups -OCH3 is 1. The van der Waals surface area contributed by atoms with E-state index in [4.69, 9.17) is 9.88 Å². The fraction of sp³-hybridized carbons (Fsp3) is 0.0714. The quantitative estimate of drug-likeness (QED) is 0.815. The lowest BCUT2D eigenvalue weighted by atomic mass is 10.3. The highest BCUT2D eigenvalue weighted by atomic mass is 32.2. The van der Waals surface area contributed by atoms with Crippen molar-refractivity contribution in [1.29, 1.82) is 0 Å². The van der Waals surface area contributed by atoms with Crippen LogP contribution in [0.25, 0.3) is 6.08 Å². The second kappa shape index (κ2) is 6.73. The molecule has 0 saturated heterocycles. The van der Waals surface area contributed by atoms with E-state index in [1.54, 1.807) is 6.08 Å². The first-order chi connectivity index (χ1) is 10.4. The third-order valence-corrected chi connectivity index (χ3v) is 4.45. The fourth-order valence-electron chi connectivity index (χ4n) is 1.70. The zero-order valence-electron chi connectivity index (χ0n) is 11.6. The minimum atomic E-state index is -3.94. The van der Waals surface area contributed by atoms with Gasteiger partial charge in [0.15, 0.2) is 0 Å². The maximum absolute atomic E-state index is 11.8. The summed E-state index contributed by atoms with van der Waals surface area (Å²) in [5, 5.41) is 9.60. The zero-order valence-corrected chi connectivity index (χ0v) is 13.3. The Hall–Kier alpha value is -2.16. The van der Waals surface area contributed by atoms with Gasteiger partial charge >= 0.3 is 0 Å². The summed E-state index contributed by atoms with van der Waals surface area (Å²) in [7, 11) is -2.60. The summed E-state index contributed by atoms with van der Waals surface area (Å²) in [6.45, 7) is 0. The first-order valence-corrected chi connectivity index (χ1v) is 8.56. The van der Waals surface area contributed by atoms with E-state index < -0.39 is 10.0 Å². The number of carbonyl (C=O) groups is 1. The van der Waals surface area contributed by atoms with Gasteiger partial charge in [0.25, 0.3) is 0 Å². The topological polar surface area (TPSA) is 98.5 Å². The van der Waals surface area contributed by atoms with Crippen molar-refractivity contribution in [2.24, 2.45) is 5.14 Å². The summed E-state index contributed by atoms with van der Waals surface area (Å²) in [4.78, 5) is 12.6. The van der Waals surface area contributed by atoms with Crippen LogP contribution in [0.4, 0.5) is 5.69 Å². The molecule has 3 N–H and O–H groups in total. The first-order valence-electron chi connectivity index (χ1n) is 6.13. The average Bonchev–Trinajstić information content (AvgIpc) is 2.97. The number of hydrogen-bond acceptors (Lipinski definition) is 5. The van der Waals surface area contributed by atoms with Gasteiger partial charge in [-0.05, 0) is 35.7 Å². The van der Waals surface area contributed by atoms with E-state index in [0.717, 1.165) is 4.88 Å². The van der Waals surface area contributed by atoms with Gasteiger partial charge in [-0.2, -0.15) is 0 Å². The van der Waals surface area contributed by atoms with E-state index in [9.17, 15) is 13.2 Å². The van der Waals surface area contributed by atoms with Crippen molar-refractivity contribution in [3.8, 4) is 5.75 Å². The Balaban J connectivity index is 2.18. The summed E-state index contributed by atoms with van der Waals surface area (Å²) in [5.41, 5.74) is 0.311. The molecule has 22 heavy (non-hydrogen) atoms. The van der Waals surface area contributed by atoms with Crippen LogP contribution < -0.4 is 15.2 Å². The van der Waals surface area contributed by atoms with Gasteiger partial charge < -0.3 is 10.1 Å². The molecule has 1 aromatic heterocycles. The van der Waals surface area contributed by atoms with Crippen molar-refractivity contribution in [2.75, 3.05) is 12.4 Å². The van der Waals surface area contributed by atoms with Crippen molar-refractivity contribution < 1.29 is 17.9 Å². The molecule has 2 rings (SSSR count). The number of anilines is 1. The van der Waals surface area contributed by atoms with Crippen LogP contribution in [0, 0.1) is 0 Å². The molecule has 6 nitrogen and oxygen atoms in total. The highest BCUT2D eigenvalue weighted by Crippen LogP contribution is 2.26. The Bertz CT molecular complexity index is 796. The van der Waals surface area contributed by atoms with Gasteiger partial charge in [0.05, 0.1) is 7.11 Å². The lowest BCUT2D eigenvalue weighted by Gasteiger charge is -2.09. The predicted molar refractivity (Wildman–Crippen MR) is 86.3 cm³/mol. The number of benzene rings is 1. The van der Waals surface area contributed by atoms with Crippen molar-refractivity contribution in [2.45, 2.75) is 4.90 Å². The summed E-state index contributed by atoms with van der Waals surface area (Å²) in [6.07, 6.45) is 3.04. The molecule has 0 radical (unpaired) electrons. The van der Waals surface area contributed by atoms with Crippen LogP contribution in [0.1, 0.15) is 4.88 Å². The molecule has 0 bridgehead atoms. The number of sulfonamides is 1. The van der Waals surface area contributed by atoms with Crippen molar-refractivity contribution in [1.82, 2.24) is 0 Å². The first kappa shape index (κ1) is 16.2. The number of ether oxygens (including phenoxy) is 1. The second-order valence-corrected chi connectivity index (χ2v) is 6.76. The van der Waals surface area contributed by atoms with E-state index >= 15 is 0 Å².